The lowest BCUT2D eigenvalue weighted by Crippen LogP contribution is -2.48. The van der Waals surface area contributed by atoms with Crippen LogP contribution in [-0.2, 0) is 14.3 Å². The Balaban J connectivity index is 4.54. The van der Waals surface area contributed by atoms with Crippen LogP contribution in [0.25, 0.3) is 0 Å². The first kappa shape index (κ1) is 18.4. The zero-order chi connectivity index (χ0) is 14.7. The van der Waals surface area contributed by atoms with E-state index in [2.05, 4.69) is 19.2 Å². The fraction of sp³-hybridized carbons (Fsp3) is 0.929. The van der Waals surface area contributed by atoms with Gasteiger partial charge in [-0.15, -0.1) is 0 Å². The molecule has 1 atom stereocenters. The highest BCUT2D eigenvalue weighted by molar-refractivity contribution is 5.82. The molecule has 0 aromatic carbocycles. The summed E-state index contributed by atoms with van der Waals surface area (Å²) < 4.78 is 10.3. The third-order valence-corrected chi connectivity index (χ3v) is 3.51. The number of nitrogens with two attached hydrogens (primary N) is 1. The molecular formula is C14H30N2O3. The molecule has 114 valence electrons. The fourth-order valence-electron chi connectivity index (χ4n) is 2.40. The summed E-state index contributed by atoms with van der Waals surface area (Å²) in [7, 11) is 3.23. The van der Waals surface area contributed by atoms with Crippen molar-refractivity contribution in [3.05, 3.63) is 0 Å². The van der Waals surface area contributed by atoms with Crippen molar-refractivity contribution in [3.63, 3.8) is 0 Å². The molecule has 0 aliphatic heterocycles. The number of carbonyl (C=O) groups excluding carboxylic acids is 1. The highest BCUT2D eigenvalue weighted by Crippen LogP contribution is 2.29. The molecule has 0 spiro atoms. The van der Waals surface area contributed by atoms with Gasteiger partial charge in [0.25, 0.3) is 0 Å². The normalized spacial score (nSPS) is 13.3. The lowest BCUT2D eigenvalue weighted by Gasteiger charge is -2.31. The van der Waals surface area contributed by atoms with E-state index in [0.29, 0.717) is 19.7 Å². The Morgan fingerprint density at radius 2 is 1.84 bits per heavy atom. The summed E-state index contributed by atoms with van der Waals surface area (Å²) in [4.78, 5) is 12.4. The molecule has 0 aromatic rings. The van der Waals surface area contributed by atoms with Gasteiger partial charge in [0.1, 0.15) is 0 Å². The van der Waals surface area contributed by atoms with Gasteiger partial charge in [0.15, 0.2) is 0 Å². The zero-order valence-electron chi connectivity index (χ0n) is 12.8. The van der Waals surface area contributed by atoms with Crippen LogP contribution in [0.4, 0.5) is 0 Å². The number of ether oxygens (including phenoxy) is 2. The van der Waals surface area contributed by atoms with Gasteiger partial charge in [-0.3, -0.25) is 4.79 Å². The van der Waals surface area contributed by atoms with Crippen LogP contribution in [0, 0.1) is 5.41 Å². The third kappa shape index (κ3) is 5.89. The Labute approximate surface area is 117 Å². The Hall–Kier alpha value is -0.650. The smallest absolute Gasteiger partial charge is 0.227 e. The summed E-state index contributed by atoms with van der Waals surface area (Å²) in [6.45, 7) is 5.47. The molecule has 3 N–H and O–H groups in total. The lowest BCUT2D eigenvalue weighted by molar-refractivity contribution is -0.132. The Morgan fingerprint density at radius 3 is 2.21 bits per heavy atom. The monoisotopic (exact) mass is 274 g/mol. The minimum absolute atomic E-state index is 0.0388. The van der Waals surface area contributed by atoms with E-state index in [1.165, 1.54) is 0 Å². The van der Waals surface area contributed by atoms with Crippen molar-refractivity contribution < 1.29 is 14.3 Å². The van der Waals surface area contributed by atoms with E-state index in [-0.39, 0.29) is 12.0 Å². The first-order valence-electron chi connectivity index (χ1n) is 7.10. The standard InChI is InChI=1S/C14H30N2O3/c1-5-7-14(11-15,8-6-2)13(17)16-9-12(19-4)10-18-3/h12H,5-11,15H2,1-4H3,(H,16,17). The van der Waals surface area contributed by atoms with Crippen LogP contribution in [0.15, 0.2) is 0 Å². The molecule has 0 aromatic heterocycles. The second-order valence-corrected chi connectivity index (χ2v) is 5.01. The predicted octanol–water partition coefficient (Wildman–Crippen LogP) is 1.31. The second kappa shape index (κ2) is 10.2. The van der Waals surface area contributed by atoms with Crippen molar-refractivity contribution in [2.24, 2.45) is 11.1 Å². The number of hydrogen-bond donors (Lipinski definition) is 2. The van der Waals surface area contributed by atoms with Crippen LogP contribution in [0.3, 0.4) is 0 Å². The van der Waals surface area contributed by atoms with E-state index in [1.54, 1.807) is 14.2 Å². The molecular weight excluding hydrogens is 244 g/mol. The molecule has 0 heterocycles. The van der Waals surface area contributed by atoms with Gasteiger partial charge in [-0.25, -0.2) is 0 Å². The minimum Gasteiger partial charge on any atom is -0.382 e. The zero-order valence-corrected chi connectivity index (χ0v) is 12.8. The van der Waals surface area contributed by atoms with Gasteiger partial charge in [0, 0.05) is 27.3 Å². The van der Waals surface area contributed by atoms with Crippen molar-refractivity contribution >= 4 is 5.91 Å². The largest absolute Gasteiger partial charge is 0.382 e. The highest BCUT2D eigenvalue weighted by atomic mass is 16.5. The minimum atomic E-state index is -0.436. The van der Waals surface area contributed by atoms with E-state index in [0.717, 1.165) is 25.7 Å². The Kier molecular flexibility index (Phi) is 9.83. The SMILES string of the molecule is CCCC(CN)(CCC)C(=O)NCC(COC)OC. The van der Waals surface area contributed by atoms with E-state index in [4.69, 9.17) is 15.2 Å². The van der Waals surface area contributed by atoms with Crippen LogP contribution < -0.4 is 11.1 Å². The first-order valence-corrected chi connectivity index (χ1v) is 7.10. The maximum absolute atomic E-state index is 12.4. The second-order valence-electron chi connectivity index (χ2n) is 5.01. The van der Waals surface area contributed by atoms with Gasteiger partial charge >= 0.3 is 0 Å². The van der Waals surface area contributed by atoms with Gasteiger partial charge in [-0.2, -0.15) is 0 Å². The number of methoxy groups -OCH3 is 2. The van der Waals surface area contributed by atoms with Gasteiger partial charge in [-0.1, -0.05) is 26.7 Å². The van der Waals surface area contributed by atoms with Crippen LogP contribution in [0.2, 0.25) is 0 Å². The fourth-order valence-corrected chi connectivity index (χ4v) is 2.40. The molecule has 0 aliphatic rings. The molecule has 5 nitrogen and oxygen atoms in total. The van der Waals surface area contributed by atoms with Crippen LogP contribution >= 0.6 is 0 Å². The van der Waals surface area contributed by atoms with E-state index < -0.39 is 5.41 Å². The van der Waals surface area contributed by atoms with E-state index in [1.807, 2.05) is 0 Å². The number of nitrogens with one attached hydrogen (secondary N) is 1. The maximum atomic E-state index is 12.4. The van der Waals surface area contributed by atoms with Crippen molar-refractivity contribution in [1.82, 2.24) is 5.32 Å². The molecule has 1 amide bonds. The summed E-state index contributed by atoms with van der Waals surface area (Å²) in [5.74, 6) is 0.0388. The van der Waals surface area contributed by atoms with Crippen LogP contribution in [0.5, 0.6) is 0 Å². The topological polar surface area (TPSA) is 73.6 Å². The number of carbonyl (C=O) groups is 1. The first-order chi connectivity index (χ1) is 9.10. The van der Waals surface area contributed by atoms with Gasteiger partial charge in [-0.05, 0) is 12.8 Å². The van der Waals surface area contributed by atoms with Crippen molar-refractivity contribution in [3.8, 4) is 0 Å². The summed E-state index contributed by atoms with van der Waals surface area (Å²) in [5, 5.41) is 2.96. The van der Waals surface area contributed by atoms with E-state index >= 15 is 0 Å². The molecule has 0 radical (unpaired) electrons. The molecule has 1 unspecified atom stereocenters. The average Bonchev–Trinajstić information content (AvgIpc) is 2.42. The number of hydrogen-bond acceptors (Lipinski definition) is 4. The predicted molar refractivity (Wildman–Crippen MR) is 77.0 cm³/mol. The number of rotatable bonds is 11. The van der Waals surface area contributed by atoms with Gasteiger partial charge in [0.2, 0.25) is 5.91 Å². The maximum Gasteiger partial charge on any atom is 0.227 e. The molecule has 19 heavy (non-hydrogen) atoms. The number of amides is 1. The summed E-state index contributed by atoms with van der Waals surface area (Å²) in [6.07, 6.45) is 3.44. The van der Waals surface area contributed by atoms with Crippen LogP contribution in [-0.4, -0.2) is 45.9 Å². The van der Waals surface area contributed by atoms with Gasteiger partial charge < -0.3 is 20.5 Å². The Morgan fingerprint density at radius 1 is 1.26 bits per heavy atom. The molecule has 0 saturated carbocycles. The highest BCUT2D eigenvalue weighted by Gasteiger charge is 2.35. The van der Waals surface area contributed by atoms with E-state index in [9.17, 15) is 4.79 Å². The third-order valence-electron chi connectivity index (χ3n) is 3.51. The summed E-state index contributed by atoms with van der Waals surface area (Å²) in [6, 6.07) is 0. The van der Waals surface area contributed by atoms with Crippen molar-refractivity contribution in [1.29, 1.82) is 0 Å². The van der Waals surface area contributed by atoms with Crippen molar-refractivity contribution in [2.75, 3.05) is 33.9 Å². The molecule has 0 fully saturated rings. The molecule has 0 saturated heterocycles. The molecule has 5 heteroatoms. The average molecular weight is 274 g/mol. The lowest BCUT2D eigenvalue weighted by atomic mass is 9.78. The molecule has 0 rings (SSSR count). The quantitative estimate of drug-likeness (QED) is 0.596. The van der Waals surface area contributed by atoms with Crippen molar-refractivity contribution in [2.45, 2.75) is 45.6 Å². The Bertz CT molecular complexity index is 241. The molecule has 0 aliphatic carbocycles. The van der Waals surface area contributed by atoms with Crippen LogP contribution in [0.1, 0.15) is 39.5 Å². The summed E-state index contributed by atoms with van der Waals surface area (Å²) in [5.41, 5.74) is 5.43. The molecule has 0 bridgehead atoms. The van der Waals surface area contributed by atoms with Gasteiger partial charge in [0.05, 0.1) is 18.1 Å². The summed E-state index contributed by atoms with van der Waals surface area (Å²) >= 11 is 0.